The van der Waals surface area contributed by atoms with Gasteiger partial charge in [-0.1, -0.05) is 159 Å². The molecule has 52 heavy (non-hydrogen) atoms. The number of urea groups is 1. The SMILES string of the molecule is CCCCC/C=C\C/C=C\CCCCCCCCC(CCCCCCCC/C=C\C/C=C\CCCCC)C(=O)N(CCCN1CCCCC1)C(N)=O. The number of hydrogen-bond acceptors (Lipinski definition) is 3. The van der Waals surface area contributed by atoms with Crippen molar-refractivity contribution in [2.75, 3.05) is 26.2 Å². The molecule has 1 fully saturated rings. The zero-order valence-electron chi connectivity index (χ0n) is 34.5. The third kappa shape index (κ3) is 29.3. The lowest BCUT2D eigenvalue weighted by molar-refractivity contribution is -0.133. The number of carbonyl (C=O) groups is 2. The van der Waals surface area contributed by atoms with Crippen LogP contribution in [0.4, 0.5) is 4.79 Å². The largest absolute Gasteiger partial charge is 0.351 e. The van der Waals surface area contributed by atoms with E-state index in [0.29, 0.717) is 6.54 Å². The molecule has 0 radical (unpaired) electrons. The molecule has 0 spiro atoms. The molecule has 3 amide bonds. The van der Waals surface area contributed by atoms with Crippen LogP contribution in [0.15, 0.2) is 48.6 Å². The van der Waals surface area contributed by atoms with E-state index in [1.165, 1.54) is 140 Å². The zero-order valence-corrected chi connectivity index (χ0v) is 34.5. The van der Waals surface area contributed by atoms with Crippen molar-refractivity contribution in [1.82, 2.24) is 9.80 Å². The van der Waals surface area contributed by atoms with Crippen LogP contribution in [0.25, 0.3) is 0 Å². The van der Waals surface area contributed by atoms with Gasteiger partial charge in [0.25, 0.3) is 0 Å². The summed E-state index contributed by atoms with van der Waals surface area (Å²) in [6.45, 7) is 8.17. The van der Waals surface area contributed by atoms with Gasteiger partial charge in [0, 0.05) is 12.5 Å². The number of hydrogen-bond donors (Lipinski definition) is 1. The van der Waals surface area contributed by atoms with E-state index in [0.717, 1.165) is 77.4 Å². The summed E-state index contributed by atoms with van der Waals surface area (Å²) in [5.41, 5.74) is 5.81. The van der Waals surface area contributed by atoms with E-state index in [2.05, 4.69) is 67.4 Å². The van der Waals surface area contributed by atoms with E-state index < -0.39 is 6.03 Å². The fourth-order valence-corrected chi connectivity index (χ4v) is 7.33. The van der Waals surface area contributed by atoms with Gasteiger partial charge in [-0.05, 0) is 116 Å². The third-order valence-electron chi connectivity index (χ3n) is 10.7. The maximum absolute atomic E-state index is 13.7. The fourth-order valence-electron chi connectivity index (χ4n) is 7.33. The fraction of sp³-hybridized carbons (Fsp3) is 0.787. The van der Waals surface area contributed by atoms with Crippen molar-refractivity contribution >= 4 is 11.9 Å². The standard InChI is InChI=1S/C47H85N3O2/c1-3-5-7-9-11-13-15-17-19-21-23-25-27-29-31-34-39-45(46(51)50(47(48)52)44-38-43-49-41-36-33-37-42-49)40-35-32-30-28-26-24-22-20-18-16-14-12-10-8-6-4-2/h11-14,17-20,45H,3-10,15-16,21-44H2,1-2H3,(H2,48,52)/b13-11-,14-12-,19-17-,20-18-. The predicted octanol–water partition coefficient (Wildman–Crippen LogP) is 13.8. The van der Waals surface area contributed by atoms with E-state index in [-0.39, 0.29) is 11.8 Å². The number of amides is 3. The molecule has 0 bridgehead atoms. The molecule has 0 aromatic rings. The number of rotatable bonds is 35. The van der Waals surface area contributed by atoms with E-state index in [9.17, 15) is 9.59 Å². The number of nitrogens with two attached hydrogens (primary N) is 1. The molecule has 0 atom stereocenters. The molecule has 1 aliphatic rings. The Bertz CT molecular complexity index is 885. The molecule has 0 saturated carbocycles. The van der Waals surface area contributed by atoms with Gasteiger partial charge in [0.2, 0.25) is 5.91 Å². The predicted molar refractivity (Wildman–Crippen MR) is 228 cm³/mol. The van der Waals surface area contributed by atoms with Gasteiger partial charge in [-0.2, -0.15) is 0 Å². The van der Waals surface area contributed by atoms with Gasteiger partial charge in [-0.25, -0.2) is 4.79 Å². The molecular formula is C47H85N3O2. The molecule has 1 aliphatic heterocycles. The lowest BCUT2D eigenvalue weighted by atomic mass is 9.92. The number of allylic oxidation sites excluding steroid dienone is 8. The Morgan fingerprint density at radius 3 is 1.37 bits per heavy atom. The second-order valence-electron chi connectivity index (χ2n) is 15.5. The highest BCUT2D eigenvalue weighted by molar-refractivity contribution is 5.94. The zero-order chi connectivity index (χ0) is 37.6. The van der Waals surface area contributed by atoms with Gasteiger partial charge in [0.05, 0.1) is 0 Å². The first-order valence-electron chi connectivity index (χ1n) is 22.5. The van der Waals surface area contributed by atoms with Gasteiger partial charge in [0.15, 0.2) is 0 Å². The monoisotopic (exact) mass is 724 g/mol. The first-order valence-corrected chi connectivity index (χ1v) is 22.5. The maximum Gasteiger partial charge on any atom is 0.321 e. The van der Waals surface area contributed by atoms with E-state index in [4.69, 9.17) is 5.73 Å². The van der Waals surface area contributed by atoms with E-state index in [1.807, 2.05) is 0 Å². The number of carbonyl (C=O) groups excluding carboxylic acids is 2. The topological polar surface area (TPSA) is 66.6 Å². The van der Waals surface area contributed by atoms with Crippen molar-refractivity contribution in [1.29, 1.82) is 0 Å². The normalized spacial score (nSPS) is 14.3. The van der Waals surface area contributed by atoms with Crippen molar-refractivity contribution in [3.8, 4) is 0 Å². The summed E-state index contributed by atoms with van der Waals surface area (Å²) in [5.74, 6) is -0.101. The Balaban J connectivity index is 2.37. The Morgan fingerprint density at radius 2 is 0.942 bits per heavy atom. The number of piperidine rings is 1. The van der Waals surface area contributed by atoms with Gasteiger partial charge >= 0.3 is 6.03 Å². The lowest BCUT2D eigenvalue weighted by Gasteiger charge is -2.28. The summed E-state index contributed by atoms with van der Waals surface area (Å²) in [6, 6.07) is -0.567. The molecule has 0 aromatic heterocycles. The van der Waals surface area contributed by atoms with E-state index in [1.54, 1.807) is 0 Å². The van der Waals surface area contributed by atoms with Crippen LogP contribution >= 0.6 is 0 Å². The first-order chi connectivity index (χ1) is 25.6. The summed E-state index contributed by atoms with van der Waals surface area (Å²) in [7, 11) is 0. The van der Waals surface area contributed by atoms with Crippen LogP contribution in [0.2, 0.25) is 0 Å². The molecule has 0 aromatic carbocycles. The number of likely N-dealkylation sites (tertiary alicyclic amines) is 1. The molecule has 5 heteroatoms. The summed E-state index contributed by atoms with van der Waals surface area (Å²) in [4.78, 5) is 30.1. The summed E-state index contributed by atoms with van der Waals surface area (Å²) >= 11 is 0. The summed E-state index contributed by atoms with van der Waals surface area (Å²) < 4.78 is 0. The minimum absolute atomic E-state index is 0.0173. The van der Waals surface area contributed by atoms with Gasteiger partial charge in [-0.3, -0.25) is 9.69 Å². The Kier molecular flexibility index (Phi) is 34.2. The molecule has 0 unspecified atom stereocenters. The van der Waals surface area contributed by atoms with Crippen molar-refractivity contribution in [2.45, 2.75) is 206 Å². The molecular weight excluding hydrogens is 639 g/mol. The molecule has 1 heterocycles. The van der Waals surface area contributed by atoms with Crippen molar-refractivity contribution < 1.29 is 9.59 Å². The number of imide groups is 1. The van der Waals surface area contributed by atoms with Crippen LogP contribution in [0.3, 0.4) is 0 Å². The maximum atomic E-state index is 13.7. The Labute approximate surface area is 323 Å². The van der Waals surface area contributed by atoms with Gasteiger partial charge < -0.3 is 10.6 Å². The Morgan fingerprint density at radius 1 is 0.538 bits per heavy atom. The molecule has 1 rings (SSSR count). The Hall–Kier alpha value is -2.14. The smallest absolute Gasteiger partial charge is 0.321 e. The van der Waals surface area contributed by atoms with Crippen LogP contribution in [0.5, 0.6) is 0 Å². The highest BCUT2D eigenvalue weighted by atomic mass is 16.2. The minimum Gasteiger partial charge on any atom is -0.351 e. The molecule has 300 valence electrons. The van der Waals surface area contributed by atoms with Crippen molar-refractivity contribution in [3.63, 3.8) is 0 Å². The number of unbranched alkanes of at least 4 members (excludes halogenated alkanes) is 18. The first kappa shape index (κ1) is 47.9. The van der Waals surface area contributed by atoms with Crippen LogP contribution < -0.4 is 5.73 Å². The number of primary amides is 1. The number of nitrogens with zero attached hydrogens (tertiary/aromatic N) is 2. The molecule has 5 nitrogen and oxygen atoms in total. The average molecular weight is 724 g/mol. The van der Waals surface area contributed by atoms with Crippen molar-refractivity contribution in [3.05, 3.63) is 48.6 Å². The minimum atomic E-state index is -0.567. The second kappa shape index (κ2) is 37.2. The molecule has 1 saturated heterocycles. The quantitative estimate of drug-likeness (QED) is 0.0523. The summed E-state index contributed by atoms with van der Waals surface area (Å²) in [6.07, 6.45) is 54.3. The second-order valence-corrected chi connectivity index (χ2v) is 15.5. The molecule has 0 aliphatic carbocycles. The highest BCUT2D eigenvalue weighted by Gasteiger charge is 2.27. The lowest BCUT2D eigenvalue weighted by Crippen LogP contribution is -2.45. The van der Waals surface area contributed by atoms with Crippen LogP contribution in [0.1, 0.15) is 206 Å². The van der Waals surface area contributed by atoms with Gasteiger partial charge in [0.1, 0.15) is 0 Å². The molecule has 2 N–H and O–H groups in total. The van der Waals surface area contributed by atoms with Crippen LogP contribution in [0, 0.1) is 5.92 Å². The van der Waals surface area contributed by atoms with Crippen LogP contribution in [-0.2, 0) is 4.79 Å². The van der Waals surface area contributed by atoms with Gasteiger partial charge in [-0.15, -0.1) is 0 Å². The third-order valence-corrected chi connectivity index (χ3v) is 10.7. The van der Waals surface area contributed by atoms with Crippen LogP contribution in [-0.4, -0.2) is 47.9 Å². The summed E-state index contributed by atoms with van der Waals surface area (Å²) in [5, 5.41) is 0. The van der Waals surface area contributed by atoms with Crippen molar-refractivity contribution in [2.24, 2.45) is 11.7 Å². The highest BCUT2D eigenvalue weighted by Crippen LogP contribution is 2.22. The average Bonchev–Trinajstić information content (AvgIpc) is 3.15. The van der Waals surface area contributed by atoms with E-state index >= 15 is 0 Å².